The van der Waals surface area contributed by atoms with Crippen molar-refractivity contribution in [3.05, 3.63) is 0 Å². The van der Waals surface area contributed by atoms with Crippen LogP contribution in [0.1, 0.15) is 19.8 Å². The molecule has 0 aromatic rings. The summed E-state index contributed by atoms with van der Waals surface area (Å²) < 4.78 is 4.86. The SMILES string of the molecule is CCC[C@H](N)C(=O)NCCOCC(N)=O. The zero-order valence-corrected chi connectivity index (χ0v) is 8.99. The zero-order chi connectivity index (χ0) is 11.7. The van der Waals surface area contributed by atoms with Crippen LogP contribution in [0.15, 0.2) is 0 Å². The van der Waals surface area contributed by atoms with E-state index in [0.29, 0.717) is 13.0 Å². The lowest BCUT2D eigenvalue weighted by Crippen LogP contribution is -2.41. The Morgan fingerprint density at radius 3 is 2.67 bits per heavy atom. The van der Waals surface area contributed by atoms with E-state index < -0.39 is 11.9 Å². The Labute approximate surface area is 89.3 Å². The molecule has 0 heterocycles. The predicted octanol–water partition coefficient (Wildman–Crippen LogP) is -1.27. The van der Waals surface area contributed by atoms with Gasteiger partial charge >= 0.3 is 0 Å². The first kappa shape index (κ1) is 13.9. The quantitative estimate of drug-likeness (QED) is 0.441. The van der Waals surface area contributed by atoms with E-state index >= 15 is 0 Å². The van der Waals surface area contributed by atoms with E-state index in [1.165, 1.54) is 0 Å². The Morgan fingerprint density at radius 1 is 1.47 bits per heavy atom. The first-order valence-corrected chi connectivity index (χ1v) is 4.97. The zero-order valence-electron chi connectivity index (χ0n) is 8.99. The number of primary amides is 1. The van der Waals surface area contributed by atoms with Crippen LogP contribution in [0, 0.1) is 0 Å². The van der Waals surface area contributed by atoms with E-state index in [2.05, 4.69) is 5.32 Å². The van der Waals surface area contributed by atoms with Crippen LogP contribution in [0.3, 0.4) is 0 Å². The average molecular weight is 217 g/mol. The van der Waals surface area contributed by atoms with E-state index in [1.54, 1.807) is 0 Å². The summed E-state index contributed by atoms with van der Waals surface area (Å²) in [6, 6.07) is -0.467. The van der Waals surface area contributed by atoms with Crippen LogP contribution in [0.25, 0.3) is 0 Å². The second-order valence-electron chi connectivity index (χ2n) is 3.21. The van der Waals surface area contributed by atoms with Gasteiger partial charge in [0.2, 0.25) is 11.8 Å². The first-order valence-electron chi connectivity index (χ1n) is 4.97. The fourth-order valence-corrected chi connectivity index (χ4v) is 0.992. The molecule has 0 saturated carbocycles. The number of carbonyl (C=O) groups is 2. The summed E-state index contributed by atoms with van der Waals surface area (Å²) in [7, 11) is 0. The van der Waals surface area contributed by atoms with Gasteiger partial charge in [-0.3, -0.25) is 9.59 Å². The van der Waals surface area contributed by atoms with E-state index in [-0.39, 0.29) is 19.1 Å². The highest BCUT2D eigenvalue weighted by atomic mass is 16.5. The summed E-state index contributed by atoms with van der Waals surface area (Å²) in [5, 5.41) is 2.60. The number of ether oxygens (including phenoxy) is 1. The summed E-state index contributed by atoms with van der Waals surface area (Å²) in [6.45, 7) is 2.43. The van der Waals surface area contributed by atoms with E-state index in [4.69, 9.17) is 16.2 Å². The van der Waals surface area contributed by atoms with Crippen molar-refractivity contribution in [1.29, 1.82) is 0 Å². The molecular weight excluding hydrogens is 198 g/mol. The molecule has 0 radical (unpaired) electrons. The molecule has 88 valence electrons. The molecule has 0 aromatic heterocycles. The molecule has 0 aliphatic carbocycles. The third kappa shape index (κ3) is 7.90. The highest BCUT2D eigenvalue weighted by Crippen LogP contribution is 1.92. The number of hydrogen-bond acceptors (Lipinski definition) is 4. The molecule has 6 heteroatoms. The van der Waals surface area contributed by atoms with Gasteiger partial charge in [-0.05, 0) is 6.42 Å². The summed E-state index contributed by atoms with van der Waals surface area (Å²) in [5.74, 6) is -0.719. The molecule has 1 atom stereocenters. The van der Waals surface area contributed by atoms with Gasteiger partial charge in [-0.2, -0.15) is 0 Å². The minimum absolute atomic E-state index is 0.128. The fraction of sp³-hybridized carbons (Fsp3) is 0.778. The highest BCUT2D eigenvalue weighted by Gasteiger charge is 2.10. The van der Waals surface area contributed by atoms with Crippen LogP contribution in [0.2, 0.25) is 0 Å². The highest BCUT2D eigenvalue weighted by molar-refractivity contribution is 5.81. The maximum absolute atomic E-state index is 11.2. The molecule has 0 bridgehead atoms. The molecule has 0 unspecified atom stereocenters. The van der Waals surface area contributed by atoms with E-state index in [9.17, 15) is 9.59 Å². The normalized spacial score (nSPS) is 12.1. The molecule has 0 rings (SSSR count). The van der Waals surface area contributed by atoms with Crippen molar-refractivity contribution in [3.63, 3.8) is 0 Å². The third-order valence-corrected chi connectivity index (χ3v) is 1.73. The van der Waals surface area contributed by atoms with Gasteiger partial charge in [0.1, 0.15) is 6.61 Å². The Bertz CT molecular complexity index is 209. The van der Waals surface area contributed by atoms with Crippen LogP contribution in [-0.2, 0) is 14.3 Å². The number of nitrogens with one attached hydrogen (secondary N) is 1. The first-order chi connectivity index (χ1) is 7.07. The smallest absolute Gasteiger partial charge is 0.243 e. The number of hydrogen-bond donors (Lipinski definition) is 3. The molecule has 0 saturated heterocycles. The fourth-order valence-electron chi connectivity index (χ4n) is 0.992. The van der Waals surface area contributed by atoms with Gasteiger partial charge in [-0.1, -0.05) is 13.3 Å². The van der Waals surface area contributed by atoms with Crippen molar-refractivity contribution in [3.8, 4) is 0 Å². The number of carbonyl (C=O) groups excluding carboxylic acids is 2. The van der Waals surface area contributed by atoms with Gasteiger partial charge in [0.25, 0.3) is 0 Å². The van der Waals surface area contributed by atoms with Crippen molar-refractivity contribution in [2.45, 2.75) is 25.8 Å². The van der Waals surface area contributed by atoms with Gasteiger partial charge in [-0.15, -0.1) is 0 Å². The second kappa shape index (κ2) is 8.19. The van der Waals surface area contributed by atoms with Gasteiger partial charge in [-0.25, -0.2) is 0 Å². The lowest BCUT2D eigenvalue weighted by molar-refractivity contribution is -0.123. The molecule has 15 heavy (non-hydrogen) atoms. The average Bonchev–Trinajstić information content (AvgIpc) is 2.16. The van der Waals surface area contributed by atoms with Crippen LogP contribution < -0.4 is 16.8 Å². The van der Waals surface area contributed by atoms with Crippen molar-refractivity contribution in [1.82, 2.24) is 5.32 Å². The minimum atomic E-state index is -0.524. The largest absolute Gasteiger partial charge is 0.370 e. The Hall–Kier alpha value is -1.14. The molecule has 0 aliphatic rings. The number of amides is 2. The molecule has 0 aromatic carbocycles. The van der Waals surface area contributed by atoms with E-state index in [0.717, 1.165) is 6.42 Å². The van der Waals surface area contributed by atoms with Gasteiger partial charge in [0.15, 0.2) is 0 Å². The Kier molecular flexibility index (Phi) is 7.57. The standard InChI is InChI=1S/C9H19N3O3/c1-2-3-7(10)9(14)12-4-5-15-6-8(11)13/h7H,2-6,10H2,1H3,(H2,11,13)(H,12,14)/t7-/m0/s1. The summed E-state index contributed by atoms with van der Waals surface area (Å²) in [6.07, 6.45) is 1.53. The van der Waals surface area contributed by atoms with Crippen molar-refractivity contribution in [2.75, 3.05) is 19.8 Å². The van der Waals surface area contributed by atoms with E-state index in [1.807, 2.05) is 6.92 Å². The summed E-state index contributed by atoms with van der Waals surface area (Å²) in [5.41, 5.74) is 10.4. The minimum Gasteiger partial charge on any atom is -0.370 e. The van der Waals surface area contributed by atoms with Gasteiger partial charge in [0, 0.05) is 6.54 Å². The molecular formula is C9H19N3O3. The van der Waals surface area contributed by atoms with Crippen molar-refractivity contribution >= 4 is 11.8 Å². The van der Waals surface area contributed by atoms with Crippen LogP contribution in [0.4, 0.5) is 0 Å². The summed E-state index contributed by atoms with van der Waals surface area (Å²) in [4.78, 5) is 21.5. The monoisotopic (exact) mass is 217 g/mol. The number of rotatable bonds is 8. The number of nitrogens with two attached hydrogens (primary N) is 2. The van der Waals surface area contributed by atoms with Crippen molar-refractivity contribution < 1.29 is 14.3 Å². The Balaban J connectivity index is 3.42. The van der Waals surface area contributed by atoms with Crippen LogP contribution in [-0.4, -0.2) is 37.6 Å². The maximum Gasteiger partial charge on any atom is 0.243 e. The molecule has 5 N–H and O–H groups in total. The lowest BCUT2D eigenvalue weighted by Gasteiger charge is -2.10. The molecule has 6 nitrogen and oxygen atoms in total. The molecule has 0 aliphatic heterocycles. The van der Waals surface area contributed by atoms with Gasteiger partial charge < -0.3 is 21.5 Å². The maximum atomic E-state index is 11.2. The summed E-state index contributed by atoms with van der Waals surface area (Å²) >= 11 is 0. The van der Waals surface area contributed by atoms with Crippen molar-refractivity contribution in [2.24, 2.45) is 11.5 Å². The van der Waals surface area contributed by atoms with Crippen LogP contribution >= 0.6 is 0 Å². The lowest BCUT2D eigenvalue weighted by atomic mass is 10.2. The van der Waals surface area contributed by atoms with Crippen LogP contribution in [0.5, 0.6) is 0 Å². The Morgan fingerprint density at radius 2 is 2.13 bits per heavy atom. The molecule has 2 amide bonds. The molecule has 0 spiro atoms. The predicted molar refractivity (Wildman–Crippen MR) is 55.9 cm³/mol. The topological polar surface area (TPSA) is 107 Å². The third-order valence-electron chi connectivity index (χ3n) is 1.73. The second-order valence-corrected chi connectivity index (χ2v) is 3.21. The van der Waals surface area contributed by atoms with Gasteiger partial charge in [0.05, 0.1) is 12.6 Å². The molecule has 0 fully saturated rings.